The van der Waals surface area contributed by atoms with Gasteiger partial charge in [0.15, 0.2) is 0 Å². The molecule has 0 bridgehead atoms. The summed E-state index contributed by atoms with van der Waals surface area (Å²) in [5, 5.41) is 0. The SMILES string of the molecule is CC(COC(=O)OCC(C)Cc1ccccc1)Cc1ccccc1. The van der Waals surface area contributed by atoms with E-state index in [1.54, 1.807) is 0 Å². The molecule has 0 fully saturated rings. The molecule has 0 aromatic heterocycles. The van der Waals surface area contributed by atoms with Crippen molar-refractivity contribution < 1.29 is 14.3 Å². The van der Waals surface area contributed by atoms with E-state index < -0.39 is 6.16 Å². The van der Waals surface area contributed by atoms with E-state index in [4.69, 9.17) is 9.47 Å². The molecular weight excluding hydrogens is 300 g/mol. The first-order valence-electron chi connectivity index (χ1n) is 8.51. The first-order chi connectivity index (χ1) is 11.6. The van der Waals surface area contributed by atoms with Gasteiger partial charge in [0.05, 0.1) is 13.2 Å². The second-order valence-corrected chi connectivity index (χ2v) is 6.46. The van der Waals surface area contributed by atoms with Crippen molar-refractivity contribution in [1.82, 2.24) is 0 Å². The summed E-state index contributed by atoms with van der Waals surface area (Å²) >= 11 is 0. The molecule has 0 radical (unpaired) electrons. The van der Waals surface area contributed by atoms with Crippen LogP contribution in [0.25, 0.3) is 0 Å². The molecule has 0 N–H and O–H groups in total. The van der Waals surface area contributed by atoms with Crippen LogP contribution >= 0.6 is 0 Å². The molecule has 2 rings (SSSR count). The molecule has 128 valence electrons. The van der Waals surface area contributed by atoms with E-state index in [0.717, 1.165) is 12.8 Å². The zero-order chi connectivity index (χ0) is 17.2. The van der Waals surface area contributed by atoms with Gasteiger partial charge in [-0.1, -0.05) is 74.5 Å². The van der Waals surface area contributed by atoms with Crippen LogP contribution in [0.3, 0.4) is 0 Å². The van der Waals surface area contributed by atoms with Gasteiger partial charge in [-0.05, 0) is 35.8 Å². The number of hydrogen-bond acceptors (Lipinski definition) is 3. The normalized spacial score (nSPS) is 13.1. The van der Waals surface area contributed by atoms with E-state index >= 15 is 0 Å². The van der Waals surface area contributed by atoms with Crippen molar-refractivity contribution in [2.45, 2.75) is 26.7 Å². The van der Waals surface area contributed by atoms with Crippen molar-refractivity contribution in [3.8, 4) is 0 Å². The van der Waals surface area contributed by atoms with E-state index in [0.29, 0.717) is 13.2 Å². The fourth-order valence-electron chi connectivity index (χ4n) is 2.61. The number of hydrogen-bond donors (Lipinski definition) is 0. The monoisotopic (exact) mass is 326 g/mol. The molecule has 0 amide bonds. The maximum Gasteiger partial charge on any atom is 0.508 e. The van der Waals surface area contributed by atoms with Crippen LogP contribution in [0.1, 0.15) is 25.0 Å². The summed E-state index contributed by atoms with van der Waals surface area (Å²) in [6.07, 6.45) is 1.20. The average Bonchev–Trinajstić information content (AvgIpc) is 2.60. The van der Waals surface area contributed by atoms with Crippen LogP contribution in [0, 0.1) is 11.8 Å². The second-order valence-electron chi connectivity index (χ2n) is 6.46. The maximum absolute atomic E-state index is 11.7. The molecule has 0 aliphatic heterocycles. The second kappa shape index (κ2) is 9.76. The van der Waals surface area contributed by atoms with Crippen LogP contribution in [0.5, 0.6) is 0 Å². The molecule has 2 atom stereocenters. The molecule has 0 saturated carbocycles. The molecule has 2 aromatic carbocycles. The smallest absolute Gasteiger partial charge is 0.434 e. The van der Waals surface area contributed by atoms with Crippen LogP contribution in [0.2, 0.25) is 0 Å². The summed E-state index contributed by atoms with van der Waals surface area (Å²) in [4.78, 5) is 11.7. The predicted molar refractivity (Wildman–Crippen MR) is 95.9 cm³/mol. The highest BCUT2D eigenvalue weighted by Crippen LogP contribution is 2.11. The van der Waals surface area contributed by atoms with Crippen LogP contribution < -0.4 is 0 Å². The van der Waals surface area contributed by atoms with Gasteiger partial charge in [0, 0.05) is 0 Å². The first-order valence-corrected chi connectivity index (χ1v) is 8.51. The Morgan fingerprint density at radius 1 is 0.750 bits per heavy atom. The number of ether oxygens (including phenoxy) is 2. The lowest BCUT2D eigenvalue weighted by molar-refractivity contribution is 0.0375. The molecule has 0 aliphatic carbocycles. The van der Waals surface area contributed by atoms with Gasteiger partial charge in [0.25, 0.3) is 0 Å². The van der Waals surface area contributed by atoms with Gasteiger partial charge in [-0.25, -0.2) is 4.79 Å². The lowest BCUT2D eigenvalue weighted by Crippen LogP contribution is -2.18. The Kier molecular flexibility index (Phi) is 7.34. The molecule has 2 aromatic rings. The topological polar surface area (TPSA) is 35.5 Å². The quantitative estimate of drug-likeness (QED) is 0.647. The lowest BCUT2D eigenvalue weighted by Gasteiger charge is -2.14. The minimum Gasteiger partial charge on any atom is -0.434 e. The predicted octanol–water partition coefficient (Wildman–Crippen LogP) is 4.90. The molecule has 2 unspecified atom stereocenters. The van der Waals surface area contributed by atoms with E-state index in [1.165, 1.54) is 11.1 Å². The average molecular weight is 326 g/mol. The fourth-order valence-corrected chi connectivity index (χ4v) is 2.61. The highest BCUT2D eigenvalue weighted by Gasteiger charge is 2.11. The van der Waals surface area contributed by atoms with Crippen molar-refractivity contribution >= 4 is 6.16 Å². The molecule has 0 aliphatic rings. The summed E-state index contributed by atoms with van der Waals surface area (Å²) in [6, 6.07) is 20.4. The number of carbonyl (C=O) groups is 1. The minimum absolute atomic E-state index is 0.265. The van der Waals surface area contributed by atoms with E-state index in [2.05, 4.69) is 38.1 Å². The van der Waals surface area contributed by atoms with Crippen LogP contribution in [0.4, 0.5) is 4.79 Å². The standard InChI is InChI=1S/C21H26O3/c1-17(13-19-9-5-3-6-10-19)15-23-21(22)24-16-18(2)14-20-11-7-4-8-12-20/h3-12,17-18H,13-16H2,1-2H3. The van der Waals surface area contributed by atoms with Crippen molar-refractivity contribution in [2.24, 2.45) is 11.8 Å². The third-order valence-corrected chi connectivity index (χ3v) is 3.83. The Hall–Kier alpha value is -2.29. The van der Waals surface area contributed by atoms with Gasteiger partial charge in [-0.15, -0.1) is 0 Å². The lowest BCUT2D eigenvalue weighted by atomic mass is 10.0. The van der Waals surface area contributed by atoms with Crippen LogP contribution in [0.15, 0.2) is 60.7 Å². The number of benzene rings is 2. The first kappa shape index (κ1) is 18.1. The Bertz CT molecular complexity index is 541. The zero-order valence-corrected chi connectivity index (χ0v) is 14.5. The van der Waals surface area contributed by atoms with Crippen molar-refractivity contribution in [3.05, 3.63) is 71.8 Å². The molecular formula is C21H26O3. The van der Waals surface area contributed by atoms with Gasteiger partial charge in [0.2, 0.25) is 0 Å². The van der Waals surface area contributed by atoms with Crippen molar-refractivity contribution in [3.63, 3.8) is 0 Å². The summed E-state index contributed by atoms with van der Waals surface area (Å²) in [5.74, 6) is 0.531. The minimum atomic E-state index is -0.574. The van der Waals surface area contributed by atoms with Crippen LogP contribution in [-0.4, -0.2) is 19.4 Å². The summed E-state index contributed by atoms with van der Waals surface area (Å²) in [7, 11) is 0. The van der Waals surface area contributed by atoms with Gasteiger partial charge in [-0.2, -0.15) is 0 Å². The van der Waals surface area contributed by atoms with E-state index in [1.807, 2.05) is 36.4 Å². The summed E-state index contributed by atoms with van der Waals surface area (Å²) < 4.78 is 10.4. The highest BCUT2D eigenvalue weighted by molar-refractivity contribution is 5.59. The summed E-state index contributed by atoms with van der Waals surface area (Å²) in [5.41, 5.74) is 2.50. The Balaban J connectivity index is 1.62. The third-order valence-electron chi connectivity index (χ3n) is 3.83. The Morgan fingerprint density at radius 3 is 1.50 bits per heavy atom. The van der Waals surface area contributed by atoms with Crippen molar-refractivity contribution in [2.75, 3.05) is 13.2 Å². The number of rotatable bonds is 8. The zero-order valence-electron chi connectivity index (χ0n) is 14.5. The summed E-state index contributed by atoms with van der Waals surface area (Å²) in [6.45, 7) is 4.89. The van der Waals surface area contributed by atoms with Gasteiger partial charge in [0.1, 0.15) is 0 Å². The largest absolute Gasteiger partial charge is 0.508 e. The number of carbonyl (C=O) groups excluding carboxylic acids is 1. The molecule has 0 heterocycles. The maximum atomic E-state index is 11.7. The Labute approximate surface area is 144 Å². The molecule has 3 nitrogen and oxygen atoms in total. The van der Waals surface area contributed by atoms with Crippen LogP contribution in [-0.2, 0) is 22.3 Å². The highest BCUT2D eigenvalue weighted by atomic mass is 16.7. The third kappa shape index (κ3) is 6.86. The Morgan fingerprint density at radius 2 is 1.12 bits per heavy atom. The van der Waals surface area contributed by atoms with E-state index in [-0.39, 0.29) is 11.8 Å². The molecule has 3 heteroatoms. The van der Waals surface area contributed by atoms with Gasteiger partial charge < -0.3 is 9.47 Å². The van der Waals surface area contributed by atoms with E-state index in [9.17, 15) is 4.79 Å². The fraction of sp³-hybridized carbons (Fsp3) is 0.381. The van der Waals surface area contributed by atoms with Gasteiger partial charge in [-0.3, -0.25) is 0 Å². The molecule has 0 saturated heterocycles. The van der Waals surface area contributed by atoms with Gasteiger partial charge >= 0.3 is 6.16 Å². The van der Waals surface area contributed by atoms with Crippen molar-refractivity contribution in [1.29, 1.82) is 0 Å². The molecule has 24 heavy (non-hydrogen) atoms. The molecule has 0 spiro atoms.